The van der Waals surface area contributed by atoms with E-state index in [0.717, 1.165) is 10.3 Å². The van der Waals surface area contributed by atoms with E-state index < -0.39 is 6.55 Å². The lowest BCUT2D eigenvalue weighted by molar-refractivity contribution is 0.0631. The Hall–Kier alpha value is -2.02. The van der Waals surface area contributed by atoms with E-state index >= 15 is 0 Å². The van der Waals surface area contributed by atoms with E-state index in [0.29, 0.717) is 11.4 Å². The fourth-order valence-electron chi connectivity index (χ4n) is 1.62. The zero-order valence-corrected chi connectivity index (χ0v) is 10.3. The van der Waals surface area contributed by atoms with Gasteiger partial charge < -0.3 is 9.84 Å². The van der Waals surface area contributed by atoms with Gasteiger partial charge in [0.15, 0.2) is 5.82 Å². The van der Waals surface area contributed by atoms with Crippen LogP contribution in [0.5, 0.6) is 5.75 Å². The number of rotatable bonds is 5. The van der Waals surface area contributed by atoms with Crippen molar-refractivity contribution in [1.29, 1.82) is 0 Å². The summed E-state index contributed by atoms with van der Waals surface area (Å²) in [4.78, 5) is 7.90. The molecule has 102 valence electrons. The Morgan fingerprint density at radius 2 is 2.21 bits per heavy atom. The number of nitrogens with zero attached hydrogens (tertiary/aromatic N) is 3. The molecule has 0 aliphatic carbocycles. The van der Waals surface area contributed by atoms with Crippen molar-refractivity contribution in [3.63, 3.8) is 0 Å². The van der Waals surface area contributed by atoms with Gasteiger partial charge in [0.2, 0.25) is 0 Å². The van der Waals surface area contributed by atoms with Crippen LogP contribution >= 0.6 is 0 Å². The van der Waals surface area contributed by atoms with Crippen LogP contribution in [0.1, 0.15) is 23.8 Å². The van der Waals surface area contributed by atoms with Gasteiger partial charge in [0.05, 0.1) is 6.61 Å². The summed E-state index contributed by atoms with van der Waals surface area (Å²) in [6.45, 7) is -1.27. The monoisotopic (exact) mass is 269 g/mol. The summed E-state index contributed by atoms with van der Waals surface area (Å²) in [5, 5.41) is 9.16. The van der Waals surface area contributed by atoms with E-state index in [1.165, 1.54) is 12.4 Å². The molecule has 0 aliphatic rings. The highest BCUT2D eigenvalue weighted by Crippen LogP contribution is 2.19. The number of halogens is 2. The van der Waals surface area contributed by atoms with Gasteiger partial charge in [0.25, 0.3) is 0 Å². The topological polar surface area (TPSA) is 60.2 Å². The van der Waals surface area contributed by atoms with Crippen LogP contribution in [-0.2, 0) is 13.2 Å². The SMILES string of the molecule is Cc1ccc(OCc2nccn2C(F)F)c(CO)n1. The predicted molar refractivity (Wildman–Crippen MR) is 62.7 cm³/mol. The average Bonchev–Trinajstić information content (AvgIpc) is 2.85. The van der Waals surface area contributed by atoms with Gasteiger partial charge in [0.1, 0.15) is 18.1 Å². The first-order valence-corrected chi connectivity index (χ1v) is 5.62. The molecule has 0 aromatic carbocycles. The molecular weight excluding hydrogens is 256 g/mol. The molecule has 19 heavy (non-hydrogen) atoms. The Bertz CT molecular complexity index is 558. The lowest BCUT2D eigenvalue weighted by Crippen LogP contribution is -2.08. The average molecular weight is 269 g/mol. The maximum absolute atomic E-state index is 12.6. The van der Waals surface area contributed by atoms with E-state index in [2.05, 4.69) is 9.97 Å². The fraction of sp³-hybridized carbons (Fsp3) is 0.333. The normalized spacial score (nSPS) is 11.0. The first kappa shape index (κ1) is 13.4. The molecule has 7 heteroatoms. The Balaban J connectivity index is 2.12. The summed E-state index contributed by atoms with van der Waals surface area (Å²) in [6.07, 6.45) is 2.47. The van der Waals surface area contributed by atoms with Gasteiger partial charge in [-0.2, -0.15) is 8.78 Å². The van der Waals surface area contributed by atoms with E-state index in [1.54, 1.807) is 19.1 Å². The molecule has 0 atom stereocenters. The molecule has 0 fully saturated rings. The molecule has 0 radical (unpaired) electrons. The van der Waals surface area contributed by atoms with Crippen LogP contribution in [0.2, 0.25) is 0 Å². The van der Waals surface area contributed by atoms with Crippen LogP contribution < -0.4 is 4.74 Å². The molecule has 0 saturated heterocycles. The lowest BCUT2D eigenvalue weighted by Gasteiger charge is -2.11. The van der Waals surface area contributed by atoms with E-state index in [-0.39, 0.29) is 19.0 Å². The van der Waals surface area contributed by atoms with Crippen LogP contribution in [0.4, 0.5) is 8.78 Å². The fourth-order valence-corrected chi connectivity index (χ4v) is 1.62. The largest absolute Gasteiger partial charge is 0.484 e. The molecular formula is C12H13F2N3O2. The molecule has 5 nitrogen and oxygen atoms in total. The van der Waals surface area contributed by atoms with Crippen molar-refractivity contribution in [2.45, 2.75) is 26.7 Å². The highest BCUT2D eigenvalue weighted by atomic mass is 19.3. The number of hydrogen-bond acceptors (Lipinski definition) is 4. The van der Waals surface area contributed by atoms with Gasteiger partial charge in [-0.25, -0.2) is 4.98 Å². The molecule has 0 spiro atoms. The van der Waals surface area contributed by atoms with Crippen molar-refractivity contribution in [3.05, 3.63) is 41.7 Å². The smallest absolute Gasteiger partial charge is 0.320 e. The molecule has 2 heterocycles. The molecule has 0 unspecified atom stereocenters. The minimum Gasteiger partial charge on any atom is -0.484 e. The number of aryl methyl sites for hydroxylation is 1. The Morgan fingerprint density at radius 3 is 2.89 bits per heavy atom. The maximum atomic E-state index is 12.6. The molecule has 2 aromatic heterocycles. The quantitative estimate of drug-likeness (QED) is 0.902. The van der Waals surface area contributed by atoms with Crippen molar-refractivity contribution in [3.8, 4) is 5.75 Å². The van der Waals surface area contributed by atoms with Crippen molar-refractivity contribution >= 4 is 0 Å². The number of pyridine rings is 1. The first-order valence-electron chi connectivity index (χ1n) is 5.62. The number of aromatic nitrogens is 3. The highest BCUT2D eigenvalue weighted by Gasteiger charge is 2.13. The maximum Gasteiger partial charge on any atom is 0.320 e. The third-order valence-electron chi connectivity index (χ3n) is 2.54. The van der Waals surface area contributed by atoms with Crippen LogP contribution in [0, 0.1) is 6.92 Å². The van der Waals surface area contributed by atoms with Crippen molar-refractivity contribution in [1.82, 2.24) is 14.5 Å². The third-order valence-corrected chi connectivity index (χ3v) is 2.54. The summed E-state index contributed by atoms with van der Waals surface area (Å²) in [6, 6.07) is 3.36. The molecule has 0 saturated carbocycles. The van der Waals surface area contributed by atoms with Crippen LogP contribution in [-0.4, -0.2) is 19.6 Å². The van der Waals surface area contributed by atoms with E-state index in [9.17, 15) is 8.78 Å². The molecule has 0 bridgehead atoms. The lowest BCUT2D eigenvalue weighted by atomic mass is 10.3. The summed E-state index contributed by atoms with van der Waals surface area (Å²) < 4.78 is 31.3. The second-order valence-corrected chi connectivity index (χ2v) is 3.87. The van der Waals surface area contributed by atoms with Crippen molar-refractivity contribution in [2.75, 3.05) is 0 Å². The predicted octanol–water partition coefficient (Wildman–Crippen LogP) is 2.05. The second kappa shape index (κ2) is 5.75. The zero-order valence-electron chi connectivity index (χ0n) is 10.3. The second-order valence-electron chi connectivity index (χ2n) is 3.87. The summed E-state index contributed by atoms with van der Waals surface area (Å²) >= 11 is 0. The molecule has 0 amide bonds. The van der Waals surface area contributed by atoms with Crippen LogP contribution in [0.3, 0.4) is 0 Å². The highest BCUT2D eigenvalue weighted by molar-refractivity contribution is 5.28. The number of imidazole rings is 1. The first-order chi connectivity index (χ1) is 9.11. The van der Waals surface area contributed by atoms with E-state index in [1.807, 2.05) is 0 Å². The Kier molecular flexibility index (Phi) is 4.06. The molecule has 2 aromatic rings. The molecule has 1 N–H and O–H groups in total. The Morgan fingerprint density at radius 1 is 1.42 bits per heavy atom. The van der Waals surface area contributed by atoms with Gasteiger partial charge in [-0.15, -0.1) is 0 Å². The van der Waals surface area contributed by atoms with Gasteiger partial charge in [-0.05, 0) is 19.1 Å². The molecule has 2 rings (SSSR count). The Labute approximate surface area is 108 Å². The third kappa shape index (κ3) is 3.05. The van der Waals surface area contributed by atoms with Crippen LogP contribution in [0.25, 0.3) is 0 Å². The number of ether oxygens (including phenoxy) is 1. The number of aliphatic hydroxyl groups is 1. The van der Waals surface area contributed by atoms with Crippen LogP contribution in [0.15, 0.2) is 24.5 Å². The molecule has 0 aliphatic heterocycles. The van der Waals surface area contributed by atoms with Gasteiger partial charge in [0, 0.05) is 18.1 Å². The van der Waals surface area contributed by atoms with Crippen molar-refractivity contribution < 1.29 is 18.6 Å². The van der Waals surface area contributed by atoms with Gasteiger partial charge in [-0.3, -0.25) is 9.55 Å². The summed E-state index contributed by atoms with van der Waals surface area (Å²) in [5.74, 6) is 0.469. The minimum absolute atomic E-state index is 0.111. The summed E-state index contributed by atoms with van der Waals surface area (Å²) in [7, 11) is 0. The number of hydrogen-bond donors (Lipinski definition) is 1. The minimum atomic E-state index is -2.66. The zero-order chi connectivity index (χ0) is 13.8. The number of aliphatic hydroxyl groups excluding tert-OH is 1. The van der Waals surface area contributed by atoms with Gasteiger partial charge in [-0.1, -0.05) is 0 Å². The van der Waals surface area contributed by atoms with E-state index in [4.69, 9.17) is 9.84 Å². The standard InChI is InChI=1S/C12H13F2N3O2/c1-8-2-3-10(9(6-18)16-8)19-7-11-15-4-5-17(11)12(13)14/h2-5,12,18H,6-7H2,1H3. The summed E-state index contributed by atoms with van der Waals surface area (Å²) in [5.41, 5.74) is 1.11. The number of alkyl halides is 2. The van der Waals surface area contributed by atoms with Crippen molar-refractivity contribution in [2.24, 2.45) is 0 Å². The van der Waals surface area contributed by atoms with Gasteiger partial charge >= 0.3 is 6.55 Å².